The van der Waals surface area contributed by atoms with Gasteiger partial charge in [0.1, 0.15) is 0 Å². The molecule has 0 fully saturated rings. The minimum absolute atomic E-state index is 0.0227. The van der Waals surface area contributed by atoms with Crippen LogP contribution < -0.4 is 11.1 Å². The molecule has 0 spiro atoms. The van der Waals surface area contributed by atoms with Crippen molar-refractivity contribution in [2.45, 2.75) is 34.6 Å². The SMILES string of the molecule is CC.CC.CC(=O)NCCN. The average molecular weight is 162 g/mol. The van der Waals surface area contributed by atoms with E-state index in [1.54, 1.807) is 0 Å². The highest BCUT2D eigenvalue weighted by molar-refractivity contribution is 5.72. The number of hydrogen-bond acceptors (Lipinski definition) is 2. The second kappa shape index (κ2) is 22.7. The first-order valence-corrected chi connectivity index (χ1v) is 4.22. The van der Waals surface area contributed by atoms with Crippen molar-refractivity contribution < 1.29 is 4.79 Å². The average Bonchev–Trinajstić information content (AvgIpc) is 2.08. The van der Waals surface area contributed by atoms with Gasteiger partial charge in [0.05, 0.1) is 0 Å². The van der Waals surface area contributed by atoms with E-state index in [9.17, 15) is 4.79 Å². The van der Waals surface area contributed by atoms with Gasteiger partial charge in [-0.3, -0.25) is 4.79 Å². The van der Waals surface area contributed by atoms with Crippen LogP contribution in [0.2, 0.25) is 0 Å². The largest absolute Gasteiger partial charge is 0.355 e. The summed E-state index contributed by atoms with van der Waals surface area (Å²) in [5.74, 6) is -0.0227. The smallest absolute Gasteiger partial charge is 0.216 e. The number of nitrogens with one attached hydrogen (secondary N) is 1. The number of hydrogen-bond donors (Lipinski definition) is 2. The predicted molar refractivity (Wildman–Crippen MR) is 50.4 cm³/mol. The van der Waals surface area contributed by atoms with Gasteiger partial charge >= 0.3 is 0 Å². The number of nitrogens with two attached hydrogens (primary N) is 1. The molecule has 0 rings (SSSR count). The number of carbonyl (C=O) groups is 1. The first-order valence-electron chi connectivity index (χ1n) is 4.22. The van der Waals surface area contributed by atoms with E-state index in [1.807, 2.05) is 27.7 Å². The van der Waals surface area contributed by atoms with Crippen LogP contribution in [0.3, 0.4) is 0 Å². The summed E-state index contributed by atoms with van der Waals surface area (Å²) < 4.78 is 0. The van der Waals surface area contributed by atoms with Crippen LogP contribution in [0.1, 0.15) is 34.6 Å². The zero-order valence-corrected chi connectivity index (χ0v) is 8.40. The Bertz CT molecular complexity index is 65.1. The van der Waals surface area contributed by atoms with Crippen molar-refractivity contribution in [2.75, 3.05) is 13.1 Å². The third-order valence-corrected chi connectivity index (χ3v) is 0.518. The molecular formula is C8H22N2O. The van der Waals surface area contributed by atoms with Crippen LogP contribution in [-0.2, 0) is 4.79 Å². The first kappa shape index (κ1) is 16.8. The van der Waals surface area contributed by atoms with Gasteiger partial charge in [-0.1, -0.05) is 27.7 Å². The van der Waals surface area contributed by atoms with Crippen molar-refractivity contribution in [1.29, 1.82) is 0 Å². The summed E-state index contributed by atoms with van der Waals surface area (Å²) in [6, 6.07) is 0. The van der Waals surface area contributed by atoms with Gasteiger partial charge in [-0.15, -0.1) is 0 Å². The molecule has 0 aromatic heterocycles. The molecule has 70 valence electrons. The van der Waals surface area contributed by atoms with Crippen molar-refractivity contribution in [3.8, 4) is 0 Å². The topological polar surface area (TPSA) is 55.1 Å². The van der Waals surface area contributed by atoms with Crippen LogP contribution in [0.5, 0.6) is 0 Å². The molecule has 3 nitrogen and oxygen atoms in total. The minimum atomic E-state index is -0.0227. The number of carbonyl (C=O) groups excluding carboxylic acids is 1. The van der Waals surface area contributed by atoms with Gasteiger partial charge in [0, 0.05) is 20.0 Å². The molecule has 0 radical (unpaired) electrons. The molecule has 0 unspecified atom stereocenters. The highest BCUT2D eigenvalue weighted by Crippen LogP contribution is 1.54. The Morgan fingerprint density at radius 2 is 1.64 bits per heavy atom. The molecule has 0 saturated carbocycles. The summed E-state index contributed by atoms with van der Waals surface area (Å²) in [6.07, 6.45) is 0. The molecule has 3 N–H and O–H groups in total. The maximum Gasteiger partial charge on any atom is 0.216 e. The molecule has 3 heteroatoms. The monoisotopic (exact) mass is 162 g/mol. The maximum atomic E-state index is 10.0. The third-order valence-electron chi connectivity index (χ3n) is 0.518. The first-order chi connectivity index (χ1) is 5.27. The van der Waals surface area contributed by atoms with E-state index < -0.39 is 0 Å². The summed E-state index contributed by atoms with van der Waals surface area (Å²) in [5, 5.41) is 2.53. The summed E-state index contributed by atoms with van der Waals surface area (Å²) in [4.78, 5) is 10.0. The molecular weight excluding hydrogens is 140 g/mol. The Balaban J connectivity index is -0.000000138. The maximum absolute atomic E-state index is 10.0. The van der Waals surface area contributed by atoms with Gasteiger partial charge in [-0.2, -0.15) is 0 Å². The lowest BCUT2D eigenvalue weighted by atomic mass is 10.6. The van der Waals surface area contributed by atoms with Crippen LogP contribution >= 0.6 is 0 Å². The van der Waals surface area contributed by atoms with Gasteiger partial charge in [0.2, 0.25) is 5.91 Å². The van der Waals surface area contributed by atoms with E-state index in [0.717, 1.165) is 0 Å². The molecule has 1 amide bonds. The van der Waals surface area contributed by atoms with Crippen molar-refractivity contribution in [3.63, 3.8) is 0 Å². The molecule has 0 aliphatic carbocycles. The van der Waals surface area contributed by atoms with Crippen LogP contribution in [0, 0.1) is 0 Å². The van der Waals surface area contributed by atoms with E-state index in [-0.39, 0.29) is 5.91 Å². The second-order valence-corrected chi connectivity index (χ2v) is 1.27. The number of amides is 1. The van der Waals surface area contributed by atoms with Crippen molar-refractivity contribution in [2.24, 2.45) is 5.73 Å². The molecule has 0 aromatic carbocycles. The van der Waals surface area contributed by atoms with Crippen molar-refractivity contribution >= 4 is 5.91 Å². The van der Waals surface area contributed by atoms with E-state index in [1.165, 1.54) is 6.92 Å². The lowest BCUT2D eigenvalue weighted by Gasteiger charge is -1.93. The molecule has 0 heterocycles. The molecule has 0 aliphatic rings. The quantitative estimate of drug-likeness (QED) is 0.639. The summed E-state index contributed by atoms with van der Waals surface area (Å²) >= 11 is 0. The standard InChI is InChI=1S/C4H10N2O.2C2H6/c1-4(7)6-3-2-5;2*1-2/h2-3,5H2,1H3,(H,6,7);2*1-2H3. The second-order valence-electron chi connectivity index (χ2n) is 1.27. The Labute approximate surface area is 70.4 Å². The number of rotatable bonds is 2. The van der Waals surface area contributed by atoms with Crippen LogP contribution in [0.4, 0.5) is 0 Å². The van der Waals surface area contributed by atoms with Gasteiger partial charge in [-0.05, 0) is 0 Å². The lowest BCUT2D eigenvalue weighted by Crippen LogP contribution is -2.26. The fraction of sp³-hybridized carbons (Fsp3) is 0.875. The Kier molecular flexibility index (Phi) is 34.7. The van der Waals surface area contributed by atoms with E-state index in [4.69, 9.17) is 5.73 Å². The summed E-state index contributed by atoms with van der Waals surface area (Å²) in [7, 11) is 0. The fourth-order valence-corrected chi connectivity index (χ4v) is 0.248. The van der Waals surface area contributed by atoms with E-state index in [2.05, 4.69) is 5.32 Å². The Morgan fingerprint density at radius 1 is 1.27 bits per heavy atom. The third kappa shape index (κ3) is 44.2. The van der Waals surface area contributed by atoms with Gasteiger partial charge in [-0.25, -0.2) is 0 Å². The minimum Gasteiger partial charge on any atom is -0.355 e. The molecule has 0 bridgehead atoms. The van der Waals surface area contributed by atoms with Gasteiger partial charge in [0.25, 0.3) is 0 Å². The molecule has 0 aliphatic heterocycles. The van der Waals surface area contributed by atoms with E-state index >= 15 is 0 Å². The fourth-order valence-electron chi connectivity index (χ4n) is 0.248. The lowest BCUT2D eigenvalue weighted by molar-refractivity contribution is -0.118. The van der Waals surface area contributed by atoms with Crippen LogP contribution in [0.15, 0.2) is 0 Å². The summed E-state index contributed by atoms with van der Waals surface area (Å²) in [5.41, 5.74) is 5.06. The molecule has 0 saturated heterocycles. The van der Waals surface area contributed by atoms with E-state index in [0.29, 0.717) is 13.1 Å². The zero-order valence-electron chi connectivity index (χ0n) is 8.40. The molecule has 0 atom stereocenters. The zero-order chi connectivity index (χ0) is 9.70. The molecule has 0 aromatic rings. The van der Waals surface area contributed by atoms with Crippen LogP contribution in [0.25, 0.3) is 0 Å². The summed E-state index contributed by atoms with van der Waals surface area (Å²) in [6.45, 7) is 10.6. The normalized spacial score (nSPS) is 6.36. The highest BCUT2D eigenvalue weighted by atomic mass is 16.1. The predicted octanol–water partition coefficient (Wildman–Crippen LogP) is 1.13. The highest BCUT2D eigenvalue weighted by Gasteiger charge is 1.83. The van der Waals surface area contributed by atoms with Gasteiger partial charge in [0.15, 0.2) is 0 Å². The van der Waals surface area contributed by atoms with Gasteiger partial charge < -0.3 is 11.1 Å². The van der Waals surface area contributed by atoms with Crippen LogP contribution in [-0.4, -0.2) is 19.0 Å². The Hall–Kier alpha value is -0.570. The van der Waals surface area contributed by atoms with Crippen molar-refractivity contribution in [1.82, 2.24) is 5.32 Å². The Morgan fingerprint density at radius 3 is 1.73 bits per heavy atom. The molecule has 11 heavy (non-hydrogen) atoms. The van der Waals surface area contributed by atoms with Crippen molar-refractivity contribution in [3.05, 3.63) is 0 Å².